The molecule has 2 atom stereocenters. The predicted octanol–water partition coefficient (Wildman–Crippen LogP) is 4.50. The largest absolute Gasteiger partial charge is 0.374 e. The lowest BCUT2D eigenvalue weighted by atomic mass is 9.70. The maximum atomic E-state index is 13.9. The van der Waals surface area contributed by atoms with E-state index in [1.165, 1.54) is 0 Å². The molecule has 1 aliphatic carbocycles. The summed E-state index contributed by atoms with van der Waals surface area (Å²) in [6, 6.07) is 1.68. The number of nitro benzene ring substituents is 1. The zero-order valence-corrected chi connectivity index (χ0v) is 12.5. The van der Waals surface area contributed by atoms with E-state index in [1.807, 2.05) is 0 Å². The molecule has 1 N–H and O–H groups in total. The summed E-state index contributed by atoms with van der Waals surface area (Å²) in [7, 11) is 0. The van der Waals surface area contributed by atoms with Crippen molar-refractivity contribution >= 4 is 11.4 Å². The second-order valence-corrected chi connectivity index (χ2v) is 6.77. The van der Waals surface area contributed by atoms with Crippen molar-refractivity contribution < 1.29 is 13.7 Å². The summed E-state index contributed by atoms with van der Waals surface area (Å²) in [5.41, 5.74) is -0.687. The van der Waals surface area contributed by atoms with E-state index in [-0.39, 0.29) is 17.1 Å². The van der Waals surface area contributed by atoms with Crippen LogP contribution in [0.4, 0.5) is 20.2 Å². The molecule has 116 valence electrons. The van der Waals surface area contributed by atoms with Gasteiger partial charge < -0.3 is 5.32 Å². The van der Waals surface area contributed by atoms with Gasteiger partial charge in [-0.05, 0) is 36.7 Å². The van der Waals surface area contributed by atoms with Crippen LogP contribution in [0.2, 0.25) is 0 Å². The molecule has 0 amide bonds. The topological polar surface area (TPSA) is 55.2 Å². The number of anilines is 1. The molecular formula is C15H20F2N2O2. The smallest absolute Gasteiger partial charge is 0.295 e. The van der Waals surface area contributed by atoms with Gasteiger partial charge in [0.25, 0.3) is 5.69 Å². The third-order valence-corrected chi connectivity index (χ3v) is 4.00. The summed E-state index contributed by atoms with van der Waals surface area (Å²) >= 11 is 0. The van der Waals surface area contributed by atoms with Crippen LogP contribution in [-0.2, 0) is 0 Å². The lowest BCUT2D eigenvalue weighted by molar-refractivity contribution is -0.384. The van der Waals surface area contributed by atoms with E-state index in [4.69, 9.17) is 0 Å². The zero-order valence-electron chi connectivity index (χ0n) is 12.5. The van der Waals surface area contributed by atoms with Crippen molar-refractivity contribution in [3.8, 4) is 0 Å². The second kappa shape index (κ2) is 5.58. The number of nitro groups is 1. The maximum absolute atomic E-state index is 13.9. The van der Waals surface area contributed by atoms with Gasteiger partial charge in [-0.25, -0.2) is 8.78 Å². The SMILES string of the molecule is CC1CC(Nc2c([N+](=O)[O-])ccc(F)c2F)CC(C)(C)C1. The van der Waals surface area contributed by atoms with Crippen molar-refractivity contribution in [1.29, 1.82) is 0 Å². The summed E-state index contributed by atoms with van der Waals surface area (Å²) in [5.74, 6) is -1.83. The summed E-state index contributed by atoms with van der Waals surface area (Å²) < 4.78 is 27.3. The first-order valence-corrected chi connectivity index (χ1v) is 7.08. The Labute approximate surface area is 122 Å². The van der Waals surface area contributed by atoms with Crippen LogP contribution in [0.25, 0.3) is 0 Å². The summed E-state index contributed by atoms with van der Waals surface area (Å²) in [6.07, 6.45) is 2.61. The van der Waals surface area contributed by atoms with Gasteiger partial charge in [0.05, 0.1) is 4.92 Å². The first kappa shape index (κ1) is 15.7. The molecule has 1 fully saturated rings. The van der Waals surface area contributed by atoms with Gasteiger partial charge in [0.15, 0.2) is 17.3 Å². The van der Waals surface area contributed by atoms with Crippen LogP contribution in [0.5, 0.6) is 0 Å². The highest BCUT2D eigenvalue weighted by Gasteiger charge is 2.34. The maximum Gasteiger partial charge on any atom is 0.295 e. The molecule has 0 spiro atoms. The molecule has 4 nitrogen and oxygen atoms in total. The first-order chi connectivity index (χ1) is 9.69. The summed E-state index contributed by atoms with van der Waals surface area (Å²) in [4.78, 5) is 10.3. The quantitative estimate of drug-likeness (QED) is 0.660. The molecule has 0 saturated heterocycles. The van der Waals surface area contributed by atoms with Crippen LogP contribution < -0.4 is 5.32 Å². The Balaban J connectivity index is 2.30. The molecular weight excluding hydrogens is 278 g/mol. The lowest BCUT2D eigenvalue weighted by Gasteiger charge is -2.39. The van der Waals surface area contributed by atoms with Gasteiger partial charge >= 0.3 is 0 Å². The standard InChI is InChI=1S/C15H20F2N2O2/c1-9-6-10(8-15(2,3)7-9)18-14-12(19(20)21)5-4-11(16)13(14)17/h4-5,9-10,18H,6-8H2,1-3H3. The average Bonchev–Trinajstić information content (AvgIpc) is 2.32. The number of hydrogen-bond donors (Lipinski definition) is 1. The van der Waals surface area contributed by atoms with Crippen molar-refractivity contribution in [3.63, 3.8) is 0 Å². The molecule has 0 heterocycles. The van der Waals surface area contributed by atoms with Crippen LogP contribution in [0, 0.1) is 33.1 Å². The number of nitrogens with one attached hydrogen (secondary N) is 1. The Hall–Kier alpha value is -1.72. The minimum Gasteiger partial charge on any atom is -0.374 e. The fraction of sp³-hybridized carbons (Fsp3) is 0.600. The average molecular weight is 298 g/mol. The second-order valence-electron chi connectivity index (χ2n) is 6.77. The Morgan fingerprint density at radius 2 is 2.00 bits per heavy atom. The monoisotopic (exact) mass is 298 g/mol. The minimum atomic E-state index is -1.18. The van der Waals surface area contributed by atoms with Crippen LogP contribution in [-0.4, -0.2) is 11.0 Å². The number of rotatable bonds is 3. The van der Waals surface area contributed by atoms with E-state index in [2.05, 4.69) is 26.1 Å². The van der Waals surface area contributed by atoms with Crippen molar-refractivity contribution in [2.45, 2.75) is 46.1 Å². The third-order valence-electron chi connectivity index (χ3n) is 4.00. The van der Waals surface area contributed by atoms with Crippen molar-refractivity contribution in [1.82, 2.24) is 0 Å². The molecule has 0 bridgehead atoms. The highest BCUT2D eigenvalue weighted by atomic mass is 19.2. The molecule has 6 heteroatoms. The highest BCUT2D eigenvalue weighted by molar-refractivity contribution is 5.63. The van der Waals surface area contributed by atoms with E-state index < -0.39 is 22.2 Å². The fourth-order valence-electron chi connectivity index (χ4n) is 3.49. The zero-order chi connectivity index (χ0) is 15.8. The predicted molar refractivity (Wildman–Crippen MR) is 77.2 cm³/mol. The van der Waals surface area contributed by atoms with Crippen LogP contribution in [0.1, 0.15) is 40.0 Å². The Kier molecular flexibility index (Phi) is 4.16. The van der Waals surface area contributed by atoms with Crippen LogP contribution in [0.15, 0.2) is 12.1 Å². The van der Waals surface area contributed by atoms with Crippen molar-refractivity contribution in [2.24, 2.45) is 11.3 Å². The van der Waals surface area contributed by atoms with Gasteiger partial charge in [-0.3, -0.25) is 10.1 Å². The molecule has 21 heavy (non-hydrogen) atoms. The van der Waals surface area contributed by atoms with E-state index in [0.717, 1.165) is 31.4 Å². The highest BCUT2D eigenvalue weighted by Crippen LogP contribution is 2.41. The van der Waals surface area contributed by atoms with E-state index in [0.29, 0.717) is 5.92 Å². The van der Waals surface area contributed by atoms with Gasteiger partial charge in [0, 0.05) is 12.1 Å². The van der Waals surface area contributed by atoms with E-state index in [1.54, 1.807) is 0 Å². The Morgan fingerprint density at radius 1 is 1.33 bits per heavy atom. The van der Waals surface area contributed by atoms with Gasteiger partial charge in [0.2, 0.25) is 0 Å². The van der Waals surface area contributed by atoms with Gasteiger partial charge in [-0.2, -0.15) is 0 Å². The Bertz CT molecular complexity index is 561. The van der Waals surface area contributed by atoms with Crippen LogP contribution >= 0.6 is 0 Å². The number of hydrogen-bond acceptors (Lipinski definition) is 3. The molecule has 1 aliphatic rings. The molecule has 1 saturated carbocycles. The van der Waals surface area contributed by atoms with E-state index in [9.17, 15) is 18.9 Å². The summed E-state index contributed by atoms with van der Waals surface area (Å²) in [6.45, 7) is 6.34. The molecule has 0 aromatic heterocycles. The van der Waals surface area contributed by atoms with Crippen molar-refractivity contribution in [3.05, 3.63) is 33.9 Å². The van der Waals surface area contributed by atoms with Gasteiger partial charge in [-0.15, -0.1) is 0 Å². The first-order valence-electron chi connectivity index (χ1n) is 7.08. The minimum absolute atomic E-state index is 0.0773. The summed E-state index contributed by atoms with van der Waals surface area (Å²) in [5, 5.41) is 13.9. The number of benzene rings is 1. The normalized spacial score (nSPS) is 24.6. The Morgan fingerprint density at radius 3 is 2.57 bits per heavy atom. The molecule has 1 aromatic rings. The van der Waals surface area contributed by atoms with E-state index >= 15 is 0 Å². The van der Waals surface area contributed by atoms with Gasteiger partial charge in [-0.1, -0.05) is 20.8 Å². The molecule has 0 radical (unpaired) electrons. The van der Waals surface area contributed by atoms with Crippen LogP contribution in [0.3, 0.4) is 0 Å². The van der Waals surface area contributed by atoms with Gasteiger partial charge in [0.1, 0.15) is 0 Å². The van der Waals surface area contributed by atoms with Crippen molar-refractivity contribution in [2.75, 3.05) is 5.32 Å². The molecule has 0 aliphatic heterocycles. The molecule has 1 aromatic carbocycles. The number of nitrogens with zero attached hydrogens (tertiary/aromatic N) is 1. The third kappa shape index (κ3) is 3.49. The molecule has 2 rings (SSSR count). The number of halogens is 2. The fourth-order valence-corrected chi connectivity index (χ4v) is 3.49. The lowest BCUT2D eigenvalue weighted by Crippen LogP contribution is -2.36. The molecule has 2 unspecified atom stereocenters.